The summed E-state index contributed by atoms with van der Waals surface area (Å²) in [4.78, 5) is 11.1. The molecule has 1 aromatic carbocycles. The van der Waals surface area contributed by atoms with E-state index in [1.165, 1.54) is 10.9 Å². The van der Waals surface area contributed by atoms with E-state index >= 15 is 0 Å². The maximum atomic E-state index is 11.1. The van der Waals surface area contributed by atoms with Gasteiger partial charge in [0.2, 0.25) is 0 Å². The average Bonchev–Trinajstić information content (AvgIpc) is 2.66. The molecule has 5 nitrogen and oxygen atoms in total. The molecule has 1 aromatic heterocycles. The van der Waals surface area contributed by atoms with Gasteiger partial charge in [-0.2, -0.15) is 5.10 Å². The Hall–Kier alpha value is -2.04. The minimum atomic E-state index is -0.216. The Morgan fingerprint density at radius 1 is 1.33 bits per heavy atom. The molecule has 0 saturated carbocycles. The Labute approximate surface area is 86.3 Å². The Bertz CT molecular complexity index is 461. The molecule has 15 heavy (non-hydrogen) atoms. The molecule has 0 bridgehead atoms. The number of ether oxygens (including phenoxy) is 1. The number of hydrogen-bond acceptors (Lipinski definition) is 3. The van der Waals surface area contributed by atoms with Gasteiger partial charge in [-0.05, 0) is 12.1 Å². The predicted octanol–water partition coefficient (Wildman–Crippen LogP) is 0.650. The van der Waals surface area contributed by atoms with E-state index in [1.54, 1.807) is 0 Å². The Morgan fingerprint density at radius 3 is 2.80 bits per heavy atom. The van der Waals surface area contributed by atoms with Crippen molar-refractivity contribution < 1.29 is 4.74 Å². The molecule has 1 heterocycles. The lowest BCUT2D eigenvalue weighted by Gasteiger charge is -2.04. The SMILES string of the molecule is O=c1[nH]ncn1CCOc1ccccc1. The van der Waals surface area contributed by atoms with E-state index < -0.39 is 0 Å². The van der Waals surface area contributed by atoms with Gasteiger partial charge >= 0.3 is 5.69 Å². The van der Waals surface area contributed by atoms with Crippen molar-refractivity contribution in [3.8, 4) is 5.75 Å². The van der Waals surface area contributed by atoms with Gasteiger partial charge < -0.3 is 4.74 Å². The third-order valence-electron chi connectivity index (χ3n) is 1.96. The van der Waals surface area contributed by atoms with Crippen LogP contribution in [0.3, 0.4) is 0 Å². The molecule has 0 spiro atoms. The van der Waals surface area contributed by atoms with Crippen LogP contribution in [0.5, 0.6) is 5.75 Å². The van der Waals surface area contributed by atoms with Crippen molar-refractivity contribution in [2.75, 3.05) is 6.61 Å². The highest BCUT2D eigenvalue weighted by Gasteiger charge is 1.96. The van der Waals surface area contributed by atoms with E-state index in [-0.39, 0.29) is 5.69 Å². The van der Waals surface area contributed by atoms with Crippen molar-refractivity contribution >= 4 is 0 Å². The van der Waals surface area contributed by atoms with Crippen molar-refractivity contribution in [2.24, 2.45) is 0 Å². The van der Waals surface area contributed by atoms with Gasteiger partial charge in [0.1, 0.15) is 18.7 Å². The number of nitrogens with zero attached hydrogens (tertiary/aromatic N) is 2. The highest BCUT2D eigenvalue weighted by atomic mass is 16.5. The third kappa shape index (κ3) is 2.46. The van der Waals surface area contributed by atoms with Crippen molar-refractivity contribution in [3.05, 3.63) is 47.1 Å². The van der Waals surface area contributed by atoms with Crippen LogP contribution < -0.4 is 10.4 Å². The van der Waals surface area contributed by atoms with Crippen LogP contribution in [0.4, 0.5) is 0 Å². The molecular formula is C10H11N3O2. The van der Waals surface area contributed by atoms with E-state index in [0.717, 1.165) is 5.75 Å². The largest absolute Gasteiger partial charge is 0.492 e. The summed E-state index contributed by atoms with van der Waals surface area (Å²) in [6.45, 7) is 0.938. The molecule has 5 heteroatoms. The highest BCUT2D eigenvalue weighted by molar-refractivity contribution is 5.20. The number of benzene rings is 1. The van der Waals surface area contributed by atoms with E-state index in [0.29, 0.717) is 13.2 Å². The van der Waals surface area contributed by atoms with Crippen LogP contribution in [0.25, 0.3) is 0 Å². The summed E-state index contributed by atoms with van der Waals surface area (Å²) in [5, 5.41) is 5.94. The average molecular weight is 205 g/mol. The first kappa shape index (κ1) is 9.51. The fourth-order valence-electron chi connectivity index (χ4n) is 1.21. The smallest absolute Gasteiger partial charge is 0.343 e. The first-order valence-electron chi connectivity index (χ1n) is 4.64. The van der Waals surface area contributed by atoms with E-state index in [4.69, 9.17) is 4.74 Å². The summed E-state index contributed by atoms with van der Waals surface area (Å²) in [5.74, 6) is 0.800. The van der Waals surface area contributed by atoms with Gasteiger partial charge in [-0.3, -0.25) is 4.57 Å². The molecule has 0 aliphatic rings. The number of H-pyrrole nitrogens is 1. The van der Waals surface area contributed by atoms with E-state index in [2.05, 4.69) is 10.2 Å². The molecule has 0 amide bonds. The fourth-order valence-corrected chi connectivity index (χ4v) is 1.21. The number of para-hydroxylation sites is 1. The normalized spacial score (nSPS) is 10.1. The van der Waals surface area contributed by atoms with Crippen molar-refractivity contribution in [1.82, 2.24) is 14.8 Å². The van der Waals surface area contributed by atoms with Gasteiger partial charge in [0, 0.05) is 0 Å². The number of rotatable bonds is 4. The van der Waals surface area contributed by atoms with Gasteiger partial charge in [0.15, 0.2) is 0 Å². The lowest BCUT2D eigenvalue weighted by Crippen LogP contribution is -2.19. The molecule has 0 aliphatic carbocycles. The van der Waals surface area contributed by atoms with Crippen LogP contribution in [0, 0.1) is 0 Å². The maximum Gasteiger partial charge on any atom is 0.343 e. The first-order valence-corrected chi connectivity index (χ1v) is 4.64. The molecule has 0 fully saturated rings. The Balaban J connectivity index is 1.86. The van der Waals surface area contributed by atoms with Crippen LogP contribution in [-0.2, 0) is 6.54 Å². The summed E-state index contributed by atoms with van der Waals surface area (Å²) in [6, 6.07) is 9.47. The zero-order valence-electron chi connectivity index (χ0n) is 8.09. The molecule has 0 saturated heterocycles. The molecule has 0 unspecified atom stereocenters. The minimum Gasteiger partial charge on any atom is -0.492 e. The number of aromatic amines is 1. The molecule has 0 atom stereocenters. The second-order valence-electron chi connectivity index (χ2n) is 3.02. The quantitative estimate of drug-likeness (QED) is 0.797. The van der Waals surface area contributed by atoms with Crippen molar-refractivity contribution in [1.29, 1.82) is 0 Å². The minimum absolute atomic E-state index is 0.216. The van der Waals surface area contributed by atoms with Crippen LogP contribution in [0.1, 0.15) is 0 Å². The first-order chi connectivity index (χ1) is 7.36. The molecule has 1 N–H and O–H groups in total. The molecule has 0 radical (unpaired) electrons. The van der Waals surface area contributed by atoms with Crippen molar-refractivity contribution in [3.63, 3.8) is 0 Å². The summed E-state index contributed by atoms with van der Waals surface area (Å²) in [6.07, 6.45) is 1.46. The second-order valence-corrected chi connectivity index (χ2v) is 3.02. The summed E-state index contributed by atoms with van der Waals surface area (Å²) in [7, 11) is 0. The van der Waals surface area contributed by atoms with Crippen LogP contribution in [-0.4, -0.2) is 21.4 Å². The van der Waals surface area contributed by atoms with Crippen LogP contribution >= 0.6 is 0 Å². The van der Waals surface area contributed by atoms with Crippen molar-refractivity contribution in [2.45, 2.75) is 6.54 Å². The van der Waals surface area contributed by atoms with Gasteiger partial charge in [0.05, 0.1) is 6.54 Å². The van der Waals surface area contributed by atoms with Gasteiger partial charge in [-0.25, -0.2) is 9.89 Å². The lowest BCUT2D eigenvalue weighted by atomic mass is 10.3. The number of nitrogens with one attached hydrogen (secondary N) is 1. The number of aromatic nitrogens is 3. The maximum absolute atomic E-state index is 11.1. The van der Waals surface area contributed by atoms with Gasteiger partial charge in [-0.15, -0.1) is 0 Å². The molecule has 2 aromatic rings. The van der Waals surface area contributed by atoms with Crippen LogP contribution in [0.2, 0.25) is 0 Å². The number of hydrogen-bond donors (Lipinski definition) is 1. The Morgan fingerprint density at radius 2 is 2.13 bits per heavy atom. The van der Waals surface area contributed by atoms with Gasteiger partial charge in [-0.1, -0.05) is 18.2 Å². The molecule has 0 aliphatic heterocycles. The summed E-state index contributed by atoms with van der Waals surface area (Å²) < 4.78 is 6.89. The third-order valence-corrected chi connectivity index (χ3v) is 1.96. The zero-order chi connectivity index (χ0) is 10.5. The highest BCUT2D eigenvalue weighted by Crippen LogP contribution is 2.07. The summed E-state index contributed by atoms with van der Waals surface area (Å²) >= 11 is 0. The summed E-state index contributed by atoms with van der Waals surface area (Å²) in [5.41, 5.74) is -0.216. The lowest BCUT2D eigenvalue weighted by molar-refractivity contribution is 0.296. The predicted molar refractivity (Wildman–Crippen MR) is 54.8 cm³/mol. The standard InChI is InChI=1S/C10H11N3O2/c14-10-12-11-8-13(10)6-7-15-9-4-2-1-3-5-9/h1-5,8H,6-7H2,(H,12,14). The second kappa shape index (κ2) is 4.45. The monoisotopic (exact) mass is 205 g/mol. The topological polar surface area (TPSA) is 59.9 Å². The van der Waals surface area contributed by atoms with Gasteiger partial charge in [0.25, 0.3) is 0 Å². The molecule has 78 valence electrons. The Kier molecular flexibility index (Phi) is 2.82. The fraction of sp³-hybridized carbons (Fsp3) is 0.200. The molecule has 2 rings (SSSR count). The van der Waals surface area contributed by atoms with E-state index in [1.807, 2.05) is 30.3 Å². The van der Waals surface area contributed by atoms with Crippen LogP contribution in [0.15, 0.2) is 41.5 Å². The van der Waals surface area contributed by atoms with E-state index in [9.17, 15) is 4.79 Å². The zero-order valence-corrected chi connectivity index (χ0v) is 8.09. The molecular weight excluding hydrogens is 194 g/mol.